The normalized spacial score (nSPS) is 10.6. The van der Waals surface area contributed by atoms with Crippen LogP contribution in [0.2, 0.25) is 5.02 Å². The van der Waals surface area contributed by atoms with Crippen molar-refractivity contribution >= 4 is 34.2 Å². The lowest BCUT2D eigenvalue weighted by molar-refractivity contribution is -0.384. The fraction of sp³-hybridized carbons (Fsp3) is 0.0909. The number of nitrogens with zero attached hydrogens (tertiary/aromatic N) is 2. The van der Waals surface area contributed by atoms with E-state index in [1.54, 1.807) is 6.92 Å². The van der Waals surface area contributed by atoms with Crippen molar-refractivity contribution in [3.05, 3.63) is 44.6 Å². The Balaban J connectivity index is 2.92. The van der Waals surface area contributed by atoms with Gasteiger partial charge in [-0.15, -0.1) is 0 Å². The molecule has 1 N–H and O–H groups in total. The number of carboxylic acids is 1. The molecule has 7 heteroatoms. The summed E-state index contributed by atoms with van der Waals surface area (Å²) in [5.41, 5.74) is 0.416. The van der Waals surface area contributed by atoms with Crippen LogP contribution in [-0.2, 0) is 0 Å². The number of aromatic nitrogens is 1. The molecule has 0 radical (unpaired) electrons. The Morgan fingerprint density at radius 3 is 2.67 bits per heavy atom. The number of carbonyl (C=O) groups is 1. The highest BCUT2D eigenvalue weighted by atomic mass is 35.5. The summed E-state index contributed by atoms with van der Waals surface area (Å²) in [5.74, 6) is -1.18. The molecule has 92 valence electrons. The number of benzene rings is 1. The number of hydrogen-bond acceptors (Lipinski definition) is 4. The molecule has 0 atom stereocenters. The second-order valence-corrected chi connectivity index (χ2v) is 4.10. The van der Waals surface area contributed by atoms with E-state index in [4.69, 9.17) is 16.7 Å². The van der Waals surface area contributed by atoms with Crippen molar-refractivity contribution in [1.82, 2.24) is 4.98 Å². The van der Waals surface area contributed by atoms with Gasteiger partial charge in [-0.2, -0.15) is 0 Å². The first-order chi connectivity index (χ1) is 8.40. The van der Waals surface area contributed by atoms with Crippen molar-refractivity contribution in [1.29, 1.82) is 0 Å². The first-order valence-corrected chi connectivity index (χ1v) is 5.26. The maximum absolute atomic E-state index is 11.1. The minimum atomic E-state index is -1.18. The highest BCUT2D eigenvalue weighted by Gasteiger charge is 2.17. The third-order valence-corrected chi connectivity index (χ3v) is 2.71. The Kier molecular flexibility index (Phi) is 2.88. The number of carboxylic acid groups (broad SMARTS) is 1. The first-order valence-electron chi connectivity index (χ1n) is 4.88. The number of aromatic carboxylic acids is 1. The maximum atomic E-state index is 11.1. The van der Waals surface area contributed by atoms with E-state index in [1.165, 1.54) is 6.07 Å². The molecule has 1 aromatic heterocycles. The minimum Gasteiger partial charge on any atom is -0.478 e. The summed E-state index contributed by atoms with van der Waals surface area (Å²) in [5, 5.41) is 20.0. The lowest BCUT2D eigenvalue weighted by Gasteiger charge is -2.05. The van der Waals surface area contributed by atoms with E-state index in [0.29, 0.717) is 5.69 Å². The molecule has 0 saturated carbocycles. The van der Waals surface area contributed by atoms with Gasteiger partial charge >= 0.3 is 5.97 Å². The number of aryl methyl sites for hydroxylation is 1. The van der Waals surface area contributed by atoms with Crippen LogP contribution < -0.4 is 0 Å². The summed E-state index contributed by atoms with van der Waals surface area (Å²) < 4.78 is 0. The van der Waals surface area contributed by atoms with Crippen molar-refractivity contribution in [3.8, 4) is 0 Å². The minimum absolute atomic E-state index is 0.0527. The predicted octanol–water partition coefficient (Wildman–Crippen LogP) is 2.80. The molecule has 2 rings (SSSR count). The summed E-state index contributed by atoms with van der Waals surface area (Å²) in [6, 6.07) is 3.67. The Hall–Kier alpha value is -2.21. The zero-order chi connectivity index (χ0) is 13.4. The van der Waals surface area contributed by atoms with Gasteiger partial charge in [0.25, 0.3) is 5.69 Å². The molecule has 18 heavy (non-hydrogen) atoms. The molecule has 0 aliphatic rings. The summed E-state index contributed by atoms with van der Waals surface area (Å²) >= 11 is 5.90. The molecule has 0 saturated heterocycles. The number of fused-ring (bicyclic) bond motifs is 1. The number of rotatable bonds is 2. The Morgan fingerprint density at radius 2 is 2.11 bits per heavy atom. The SMILES string of the molecule is Cc1cc(C(=O)O)c2cc([N+](=O)[O-])cc(Cl)c2n1. The predicted molar refractivity (Wildman–Crippen MR) is 65.1 cm³/mol. The lowest BCUT2D eigenvalue weighted by atomic mass is 10.1. The standard InChI is InChI=1S/C11H7ClN2O4/c1-5-2-8(11(15)16)7-3-6(14(17)18)4-9(12)10(7)13-5/h2-4H,1H3,(H,15,16). The van der Waals surface area contributed by atoms with Crippen molar-refractivity contribution in [2.45, 2.75) is 6.92 Å². The van der Waals surface area contributed by atoms with Gasteiger partial charge in [-0.05, 0) is 13.0 Å². The molecule has 1 heterocycles. The van der Waals surface area contributed by atoms with Gasteiger partial charge in [0.05, 0.1) is 21.0 Å². The monoisotopic (exact) mass is 266 g/mol. The smallest absolute Gasteiger partial charge is 0.336 e. The molecule has 1 aromatic carbocycles. The second kappa shape index (κ2) is 4.23. The number of nitro benzene ring substituents is 1. The van der Waals surface area contributed by atoms with Crippen LogP contribution in [0, 0.1) is 17.0 Å². The molecule has 0 aliphatic carbocycles. The summed E-state index contributed by atoms with van der Waals surface area (Å²) in [7, 11) is 0. The van der Waals surface area contributed by atoms with Crippen LogP contribution in [-0.4, -0.2) is 21.0 Å². The highest BCUT2D eigenvalue weighted by Crippen LogP contribution is 2.30. The average Bonchev–Trinajstić information content (AvgIpc) is 2.28. The largest absolute Gasteiger partial charge is 0.478 e. The Morgan fingerprint density at radius 1 is 1.44 bits per heavy atom. The highest BCUT2D eigenvalue weighted by molar-refractivity contribution is 6.35. The van der Waals surface area contributed by atoms with Crippen LogP contribution in [0.1, 0.15) is 16.1 Å². The van der Waals surface area contributed by atoms with E-state index in [9.17, 15) is 14.9 Å². The zero-order valence-corrected chi connectivity index (χ0v) is 9.93. The van der Waals surface area contributed by atoms with Gasteiger partial charge < -0.3 is 5.11 Å². The van der Waals surface area contributed by atoms with Gasteiger partial charge in [0.15, 0.2) is 0 Å². The van der Waals surface area contributed by atoms with Crippen molar-refractivity contribution in [2.75, 3.05) is 0 Å². The molecule has 0 bridgehead atoms. The van der Waals surface area contributed by atoms with Crippen LogP contribution in [0.25, 0.3) is 10.9 Å². The van der Waals surface area contributed by atoms with Gasteiger partial charge in [-0.1, -0.05) is 11.6 Å². The van der Waals surface area contributed by atoms with Gasteiger partial charge in [0, 0.05) is 23.2 Å². The second-order valence-electron chi connectivity index (χ2n) is 3.70. The summed E-state index contributed by atoms with van der Waals surface area (Å²) in [6.07, 6.45) is 0. The quantitative estimate of drug-likeness (QED) is 0.666. The molecule has 2 aromatic rings. The topological polar surface area (TPSA) is 93.3 Å². The van der Waals surface area contributed by atoms with E-state index in [1.807, 2.05) is 0 Å². The van der Waals surface area contributed by atoms with Crippen molar-refractivity contribution < 1.29 is 14.8 Å². The third-order valence-electron chi connectivity index (χ3n) is 2.42. The summed E-state index contributed by atoms with van der Waals surface area (Å²) in [4.78, 5) is 25.3. The third kappa shape index (κ3) is 1.98. The molecular formula is C11H7ClN2O4. The van der Waals surface area contributed by atoms with Crippen LogP contribution in [0.15, 0.2) is 18.2 Å². The van der Waals surface area contributed by atoms with Crippen LogP contribution in [0.5, 0.6) is 0 Å². The van der Waals surface area contributed by atoms with Crippen molar-refractivity contribution in [2.24, 2.45) is 0 Å². The van der Waals surface area contributed by atoms with E-state index in [0.717, 1.165) is 12.1 Å². The zero-order valence-electron chi connectivity index (χ0n) is 9.18. The molecule has 0 aliphatic heterocycles. The molecule has 0 unspecified atom stereocenters. The first kappa shape index (κ1) is 12.3. The van der Waals surface area contributed by atoms with Crippen LogP contribution >= 0.6 is 11.6 Å². The maximum Gasteiger partial charge on any atom is 0.336 e. The molecule has 0 spiro atoms. The van der Waals surface area contributed by atoms with Gasteiger partial charge in [-0.3, -0.25) is 15.1 Å². The van der Waals surface area contributed by atoms with Gasteiger partial charge in [0.1, 0.15) is 0 Å². The number of pyridine rings is 1. The fourth-order valence-corrected chi connectivity index (χ4v) is 1.94. The van der Waals surface area contributed by atoms with Crippen molar-refractivity contribution in [3.63, 3.8) is 0 Å². The number of nitro groups is 1. The van der Waals surface area contributed by atoms with E-state index in [2.05, 4.69) is 4.98 Å². The van der Waals surface area contributed by atoms with Gasteiger partial charge in [-0.25, -0.2) is 4.79 Å². The molecule has 6 nitrogen and oxygen atoms in total. The summed E-state index contributed by atoms with van der Waals surface area (Å²) in [6.45, 7) is 1.63. The lowest BCUT2D eigenvalue weighted by Crippen LogP contribution is -2.01. The van der Waals surface area contributed by atoms with Gasteiger partial charge in [0.2, 0.25) is 0 Å². The molecular weight excluding hydrogens is 260 g/mol. The Labute approximate surface area is 106 Å². The molecule has 0 fully saturated rings. The Bertz CT molecular complexity index is 684. The van der Waals surface area contributed by atoms with Crippen LogP contribution in [0.3, 0.4) is 0 Å². The average molecular weight is 267 g/mol. The van der Waals surface area contributed by atoms with E-state index < -0.39 is 10.9 Å². The van der Waals surface area contributed by atoms with Crippen LogP contribution in [0.4, 0.5) is 5.69 Å². The number of halogens is 1. The number of hydrogen-bond donors (Lipinski definition) is 1. The van der Waals surface area contributed by atoms with E-state index >= 15 is 0 Å². The number of non-ortho nitro benzene ring substituents is 1. The fourth-order valence-electron chi connectivity index (χ4n) is 1.68. The molecule has 0 amide bonds. The van der Waals surface area contributed by atoms with E-state index in [-0.39, 0.29) is 27.2 Å².